The molecule has 1 unspecified atom stereocenters. The van der Waals surface area contributed by atoms with E-state index in [4.69, 9.17) is 5.73 Å². The first-order valence-electron chi connectivity index (χ1n) is 5.19. The molecule has 8 nitrogen and oxygen atoms in total. The molecule has 1 aliphatic rings. The van der Waals surface area contributed by atoms with Gasteiger partial charge in [-0.15, -0.1) is 0 Å². The highest BCUT2D eigenvalue weighted by molar-refractivity contribution is 5.91. The first-order chi connectivity index (χ1) is 8.52. The Labute approximate surface area is 100 Å². The molecule has 2 aromatic rings. The van der Waals surface area contributed by atoms with Gasteiger partial charge in [0.05, 0.1) is 0 Å². The fourth-order valence-corrected chi connectivity index (χ4v) is 1.97. The number of ketones is 1. The summed E-state index contributed by atoms with van der Waals surface area (Å²) in [6, 6.07) is 0. The molecule has 2 aromatic heterocycles. The van der Waals surface area contributed by atoms with Crippen LogP contribution in [0.3, 0.4) is 0 Å². The number of fused-ring (bicyclic) bond motifs is 1. The standard InChI is InChI=1S/C10H9N5O3/c11-7-12-8-14(9(17)13-7)4-5-15(8)10(18)3-1-2-6(10)16/h1,3-5,18H,2H2,(H2,11,13,17). The SMILES string of the molecule is Nc1nc(=O)n2ccn(C3(O)C=CCC3=O)c2n1. The minimum atomic E-state index is -1.82. The topological polar surface area (TPSA) is 116 Å². The fraction of sp³-hybridized carbons (Fsp3) is 0.200. The predicted molar refractivity (Wildman–Crippen MR) is 60.6 cm³/mol. The molecule has 0 saturated heterocycles. The number of carbonyl (C=O) groups is 1. The number of rotatable bonds is 1. The molecule has 0 radical (unpaired) electrons. The first kappa shape index (κ1) is 10.7. The van der Waals surface area contributed by atoms with Crippen molar-refractivity contribution in [2.45, 2.75) is 12.1 Å². The molecule has 92 valence electrons. The van der Waals surface area contributed by atoms with Crippen molar-refractivity contribution in [2.24, 2.45) is 0 Å². The number of Topliss-reactive ketones (excluding diaryl/α,β-unsaturated/α-hetero) is 1. The predicted octanol–water partition coefficient (Wildman–Crippen LogP) is -1.35. The van der Waals surface area contributed by atoms with Gasteiger partial charge in [-0.1, -0.05) is 6.08 Å². The van der Waals surface area contributed by atoms with E-state index in [1.807, 2.05) is 0 Å². The molecular weight excluding hydrogens is 238 g/mol. The van der Waals surface area contributed by atoms with Crippen molar-refractivity contribution in [3.63, 3.8) is 0 Å². The molecule has 18 heavy (non-hydrogen) atoms. The van der Waals surface area contributed by atoms with Crippen molar-refractivity contribution in [2.75, 3.05) is 5.73 Å². The highest BCUT2D eigenvalue weighted by Gasteiger charge is 2.39. The summed E-state index contributed by atoms with van der Waals surface area (Å²) >= 11 is 0. The summed E-state index contributed by atoms with van der Waals surface area (Å²) < 4.78 is 2.30. The molecule has 8 heteroatoms. The second-order valence-electron chi connectivity index (χ2n) is 3.96. The number of hydrogen-bond acceptors (Lipinski definition) is 6. The highest BCUT2D eigenvalue weighted by atomic mass is 16.3. The molecule has 0 spiro atoms. The second-order valence-corrected chi connectivity index (χ2v) is 3.96. The van der Waals surface area contributed by atoms with Gasteiger partial charge in [0, 0.05) is 18.8 Å². The third-order valence-electron chi connectivity index (χ3n) is 2.86. The van der Waals surface area contributed by atoms with Crippen LogP contribution in [0.5, 0.6) is 0 Å². The van der Waals surface area contributed by atoms with E-state index in [0.717, 1.165) is 4.40 Å². The zero-order chi connectivity index (χ0) is 12.9. The quantitative estimate of drug-likeness (QED) is 0.602. The van der Waals surface area contributed by atoms with Gasteiger partial charge in [-0.25, -0.2) is 9.20 Å². The molecular formula is C10H9N5O3. The molecule has 0 aliphatic heterocycles. The lowest BCUT2D eigenvalue weighted by molar-refractivity contribution is -0.137. The molecule has 3 rings (SSSR count). The van der Waals surface area contributed by atoms with Crippen LogP contribution in [-0.4, -0.2) is 29.8 Å². The van der Waals surface area contributed by atoms with Crippen LogP contribution in [0.25, 0.3) is 5.78 Å². The number of allylic oxidation sites excluding steroid dienone is 1. The van der Waals surface area contributed by atoms with Gasteiger partial charge in [-0.05, 0) is 6.08 Å². The minimum absolute atomic E-state index is 0.0647. The van der Waals surface area contributed by atoms with Gasteiger partial charge >= 0.3 is 5.69 Å². The number of nitrogens with two attached hydrogens (primary N) is 1. The first-order valence-corrected chi connectivity index (χ1v) is 5.19. The van der Waals surface area contributed by atoms with Crippen LogP contribution in [-0.2, 0) is 10.5 Å². The third kappa shape index (κ3) is 1.23. The van der Waals surface area contributed by atoms with Crippen LogP contribution in [0.4, 0.5) is 5.95 Å². The Morgan fingerprint density at radius 1 is 1.33 bits per heavy atom. The number of anilines is 1. The molecule has 2 heterocycles. The monoisotopic (exact) mass is 247 g/mol. The van der Waals surface area contributed by atoms with Crippen LogP contribution in [0, 0.1) is 0 Å². The smallest absolute Gasteiger partial charge is 0.357 e. The molecule has 1 aliphatic carbocycles. The highest BCUT2D eigenvalue weighted by Crippen LogP contribution is 2.25. The van der Waals surface area contributed by atoms with E-state index in [2.05, 4.69) is 9.97 Å². The van der Waals surface area contributed by atoms with Gasteiger partial charge in [0.25, 0.3) is 0 Å². The number of aromatic nitrogens is 4. The van der Waals surface area contributed by atoms with Crippen molar-refractivity contribution < 1.29 is 9.90 Å². The maximum atomic E-state index is 11.7. The van der Waals surface area contributed by atoms with Crippen molar-refractivity contribution >= 4 is 17.5 Å². The third-order valence-corrected chi connectivity index (χ3v) is 2.86. The summed E-state index contributed by atoms with van der Waals surface area (Å²) in [6.45, 7) is 0. The lowest BCUT2D eigenvalue weighted by Crippen LogP contribution is -2.37. The van der Waals surface area contributed by atoms with E-state index < -0.39 is 17.2 Å². The fourth-order valence-electron chi connectivity index (χ4n) is 1.97. The van der Waals surface area contributed by atoms with Crippen molar-refractivity contribution in [1.82, 2.24) is 18.9 Å². The number of hydrogen-bond donors (Lipinski definition) is 2. The van der Waals surface area contributed by atoms with Crippen LogP contribution in [0.15, 0.2) is 29.3 Å². The Morgan fingerprint density at radius 2 is 2.11 bits per heavy atom. The lowest BCUT2D eigenvalue weighted by Gasteiger charge is -2.20. The van der Waals surface area contributed by atoms with E-state index >= 15 is 0 Å². The molecule has 1 atom stereocenters. The number of aliphatic hydroxyl groups is 1. The second kappa shape index (κ2) is 3.26. The molecule has 0 saturated carbocycles. The summed E-state index contributed by atoms with van der Waals surface area (Å²) in [5.41, 5.74) is 2.96. The minimum Gasteiger partial charge on any atom is -0.368 e. The average molecular weight is 247 g/mol. The molecule has 0 aromatic carbocycles. The lowest BCUT2D eigenvalue weighted by atomic mass is 10.2. The molecule has 0 fully saturated rings. The van der Waals surface area contributed by atoms with Gasteiger partial charge in [0.1, 0.15) is 0 Å². The van der Waals surface area contributed by atoms with Crippen LogP contribution >= 0.6 is 0 Å². The summed E-state index contributed by atoms with van der Waals surface area (Å²) in [5, 5.41) is 10.3. The number of imidazole rings is 1. The Hall–Kier alpha value is -2.48. The Kier molecular flexibility index (Phi) is 1.93. The van der Waals surface area contributed by atoms with Crippen molar-refractivity contribution in [3.05, 3.63) is 35.0 Å². The van der Waals surface area contributed by atoms with Crippen molar-refractivity contribution in [3.8, 4) is 0 Å². The molecule has 0 bridgehead atoms. The number of nitrogen functional groups attached to an aromatic ring is 1. The summed E-state index contributed by atoms with van der Waals surface area (Å²) in [4.78, 5) is 30.6. The van der Waals surface area contributed by atoms with E-state index in [1.165, 1.54) is 23.0 Å². The largest absolute Gasteiger partial charge is 0.368 e. The number of nitrogens with zero attached hydrogens (tertiary/aromatic N) is 4. The van der Waals surface area contributed by atoms with Gasteiger partial charge in [0.15, 0.2) is 5.78 Å². The van der Waals surface area contributed by atoms with Gasteiger partial charge in [-0.2, -0.15) is 9.97 Å². The Balaban J connectivity index is 2.35. The van der Waals surface area contributed by atoms with Gasteiger partial charge in [-0.3, -0.25) is 9.36 Å². The Morgan fingerprint density at radius 3 is 2.78 bits per heavy atom. The van der Waals surface area contributed by atoms with Crippen LogP contribution < -0.4 is 11.4 Å². The van der Waals surface area contributed by atoms with Crippen LogP contribution in [0.1, 0.15) is 6.42 Å². The Bertz CT molecular complexity index is 744. The van der Waals surface area contributed by atoms with E-state index in [9.17, 15) is 14.7 Å². The van der Waals surface area contributed by atoms with Gasteiger partial charge in [0.2, 0.25) is 17.5 Å². The summed E-state index contributed by atoms with van der Waals surface area (Å²) in [5.74, 6) is -0.543. The van der Waals surface area contributed by atoms with E-state index in [0.29, 0.717) is 0 Å². The summed E-state index contributed by atoms with van der Waals surface area (Å²) in [7, 11) is 0. The zero-order valence-corrected chi connectivity index (χ0v) is 9.15. The molecule has 0 amide bonds. The number of carbonyl (C=O) groups excluding carboxylic acids is 1. The van der Waals surface area contributed by atoms with Crippen LogP contribution in [0.2, 0.25) is 0 Å². The van der Waals surface area contributed by atoms with Crippen molar-refractivity contribution in [1.29, 1.82) is 0 Å². The summed E-state index contributed by atoms with van der Waals surface area (Å²) in [6.07, 6.45) is 5.80. The normalized spacial score (nSPS) is 23.1. The molecule has 3 N–H and O–H groups in total. The van der Waals surface area contributed by atoms with E-state index in [-0.39, 0.29) is 18.1 Å². The average Bonchev–Trinajstić information content (AvgIpc) is 2.85. The maximum Gasteiger partial charge on any atom is 0.357 e. The zero-order valence-electron chi connectivity index (χ0n) is 9.15. The maximum absolute atomic E-state index is 11.7. The van der Waals surface area contributed by atoms with Gasteiger partial charge < -0.3 is 10.8 Å². The van der Waals surface area contributed by atoms with E-state index in [1.54, 1.807) is 6.08 Å².